The number of imidazole rings is 1. The molecule has 51 heavy (non-hydrogen) atoms. The highest BCUT2D eigenvalue weighted by molar-refractivity contribution is 6.23. The van der Waals surface area contributed by atoms with E-state index in [2.05, 4.69) is 4.98 Å². The third-order valence-electron chi connectivity index (χ3n) is 8.58. The van der Waals surface area contributed by atoms with Gasteiger partial charge in [-0.15, -0.1) is 0 Å². The molecule has 1 saturated heterocycles. The Bertz CT molecular complexity index is 2190. The van der Waals surface area contributed by atoms with Crippen molar-refractivity contribution in [2.24, 2.45) is 0 Å². The number of ether oxygens (including phenoxy) is 1. The SMILES string of the molecule is CC(C)(C)OC(=O)n1c(-c2ccc(Cc3cc(F)ccc3CN3C(=O)N(c4ccc(F)c(C(F)(F)F)c4)C(=O)C3(C)C)cc2)nc2ccccc21. The third kappa shape index (κ3) is 6.80. The van der Waals surface area contributed by atoms with Gasteiger partial charge in [-0.1, -0.05) is 42.5 Å². The summed E-state index contributed by atoms with van der Waals surface area (Å²) in [5.74, 6) is -2.50. The van der Waals surface area contributed by atoms with Gasteiger partial charge in [-0.3, -0.25) is 4.79 Å². The molecule has 0 aliphatic carbocycles. The normalized spacial score (nSPS) is 14.9. The number of amides is 3. The largest absolute Gasteiger partial charge is 0.443 e. The Morgan fingerprint density at radius 2 is 1.55 bits per heavy atom. The molecule has 6 rings (SSSR count). The van der Waals surface area contributed by atoms with Crippen LogP contribution in [0.5, 0.6) is 0 Å². The summed E-state index contributed by atoms with van der Waals surface area (Å²) in [6.45, 7) is 8.04. The number of nitrogens with zero attached hydrogens (tertiary/aromatic N) is 4. The molecular formula is C38H33F5N4O4. The Morgan fingerprint density at radius 3 is 2.22 bits per heavy atom. The van der Waals surface area contributed by atoms with Crippen molar-refractivity contribution in [3.05, 3.63) is 119 Å². The summed E-state index contributed by atoms with van der Waals surface area (Å²) < 4.78 is 76.0. The van der Waals surface area contributed by atoms with Crippen molar-refractivity contribution in [1.29, 1.82) is 0 Å². The van der Waals surface area contributed by atoms with Crippen LogP contribution in [0.25, 0.3) is 22.4 Å². The molecule has 0 unspecified atom stereocenters. The molecule has 4 aromatic carbocycles. The fourth-order valence-corrected chi connectivity index (χ4v) is 5.99. The van der Waals surface area contributed by atoms with Crippen LogP contribution in [0.4, 0.5) is 37.2 Å². The first-order valence-corrected chi connectivity index (χ1v) is 16.0. The summed E-state index contributed by atoms with van der Waals surface area (Å²) in [5.41, 5.74) is -0.729. The van der Waals surface area contributed by atoms with Crippen molar-refractivity contribution >= 4 is 34.8 Å². The highest BCUT2D eigenvalue weighted by atomic mass is 19.4. The molecule has 0 atom stereocenters. The van der Waals surface area contributed by atoms with Gasteiger partial charge in [0.25, 0.3) is 5.91 Å². The summed E-state index contributed by atoms with van der Waals surface area (Å²) in [5, 5.41) is 0. The van der Waals surface area contributed by atoms with Gasteiger partial charge >= 0.3 is 18.3 Å². The van der Waals surface area contributed by atoms with Crippen LogP contribution in [0.3, 0.4) is 0 Å². The predicted octanol–water partition coefficient (Wildman–Crippen LogP) is 9.12. The second-order valence-corrected chi connectivity index (χ2v) is 13.8. The lowest BCUT2D eigenvalue weighted by Gasteiger charge is -2.28. The van der Waals surface area contributed by atoms with E-state index >= 15 is 0 Å². The number of para-hydroxylation sites is 2. The number of carbonyl (C=O) groups is 3. The number of fused-ring (bicyclic) bond motifs is 1. The maximum absolute atomic E-state index is 14.6. The number of imide groups is 1. The number of benzene rings is 4. The van der Waals surface area contributed by atoms with Gasteiger partial charge < -0.3 is 9.64 Å². The van der Waals surface area contributed by atoms with Crippen molar-refractivity contribution < 1.29 is 41.1 Å². The van der Waals surface area contributed by atoms with Crippen molar-refractivity contribution in [2.75, 3.05) is 4.90 Å². The van der Waals surface area contributed by atoms with Crippen LogP contribution in [0, 0.1) is 11.6 Å². The number of anilines is 1. The smallest absolute Gasteiger partial charge is 0.420 e. The molecule has 0 bridgehead atoms. The average molecular weight is 705 g/mol. The minimum atomic E-state index is -5.05. The maximum atomic E-state index is 14.6. The summed E-state index contributed by atoms with van der Waals surface area (Å²) in [6.07, 6.45) is -5.42. The van der Waals surface area contributed by atoms with E-state index in [4.69, 9.17) is 4.74 Å². The lowest BCUT2D eigenvalue weighted by atomic mass is 9.96. The van der Waals surface area contributed by atoms with Crippen LogP contribution in [0.15, 0.2) is 84.9 Å². The molecule has 1 fully saturated rings. The fourth-order valence-electron chi connectivity index (χ4n) is 5.99. The molecule has 2 heterocycles. The Balaban J connectivity index is 1.28. The predicted molar refractivity (Wildman–Crippen MR) is 180 cm³/mol. The Hall–Kier alpha value is -5.59. The molecule has 264 valence electrons. The second kappa shape index (κ2) is 12.6. The zero-order valence-corrected chi connectivity index (χ0v) is 28.3. The maximum Gasteiger partial charge on any atom is 0.420 e. The highest BCUT2D eigenvalue weighted by Crippen LogP contribution is 2.38. The van der Waals surface area contributed by atoms with E-state index in [9.17, 15) is 36.3 Å². The highest BCUT2D eigenvalue weighted by Gasteiger charge is 2.52. The summed E-state index contributed by atoms with van der Waals surface area (Å²) in [6, 6.07) is 19.4. The third-order valence-corrected chi connectivity index (χ3v) is 8.58. The average Bonchev–Trinajstić information content (AvgIpc) is 3.50. The minimum Gasteiger partial charge on any atom is -0.443 e. The molecule has 0 N–H and O–H groups in total. The van der Waals surface area contributed by atoms with E-state index in [1.54, 1.807) is 63.2 Å². The summed E-state index contributed by atoms with van der Waals surface area (Å²) in [4.78, 5) is 46.8. The van der Waals surface area contributed by atoms with Crippen LogP contribution < -0.4 is 4.90 Å². The first-order chi connectivity index (χ1) is 23.8. The van der Waals surface area contributed by atoms with E-state index < -0.39 is 58.2 Å². The molecule has 1 aliphatic rings. The molecule has 5 aromatic rings. The molecule has 1 aromatic heterocycles. The number of urea groups is 1. The van der Waals surface area contributed by atoms with Crippen molar-refractivity contribution in [3.63, 3.8) is 0 Å². The molecule has 0 radical (unpaired) electrons. The Kier molecular flexibility index (Phi) is 8.73. The van der Waals surface area contributed by atoms with Crippen molar-refractivity contribution in [1.82, 2.24) is 14.5 Å². The first kappa shape index (κ1) is 35.2. The van der Waals surface area contributed by atoms with Crippen LogP contribution >= 0.6 is 0 Å². The minimum absolute atomic E-state index is 0.172. The molecular weight excluding hydrogens is 671 g/mol. The van der Waals surface area contributed by atoms with Crippen molar-refractivity contribution in [3.8, 4) is 11.4 Å². The second-order valence-electron chi connectivity index (χ2n) is 13.8. The van der Waals surface area contributed by atoms with Gasteiger partial charge in [-0.25, -0.2) is 32.8 Å². The lowest BCUT2D eigenvalue weighted by Crippen LogP contribution is -2.43. The summed E-state index contributed by atoms with van der Waals surface area (Å²) >= 11 is 0. The number of carbonyl (C=O) groups excluding carboxylic acids is 3. The first-order valence-electron chi connectivity index (χ1n) is 16.0. The van der Waals surface area contributed by atoms with Crippen LogP contribution in [0.1, 0.15) is 56.9 Å². The fraction of sp³-hybridized carbons (Fsp3) is 0.263. The number of rotatable bonds is 6. The molecule has 0 saturated carbocycles. The van der Waals surface area contributed by atoms with Gasteiger partial charge in [0, 0.05) is 12.1 Å². The van der Waals surface area contributed by atoms with Crippen LogP contribution in [-0.4, -0.2) is 43.6 Å². The summed E-state index contributed by atoms with van der Waals surface area (Å²) in [7, 11) is 0. The number of hydrogen-bond donors (Lipinski definition) is 0. The lowest BCUT2D eigenvalue weighted by molar-refractivity contribution is -0.140. The Labute approximate surface area is 290 Å². The van der Waals surface area contributed by atoms with Gasteiger partial charge in [-0.2, -0.15) is 13.2 Å². The van der Waals surface area contributed by atoms with Gasteiger partial charge in [0.15, 0.2) is 5.82 Å². The zero-order chi connectivity index (χ0) is 37.0. The molecule has 8 nitrogen and oxygen atoms in total. The van der Waals surface area contributed by atoms with E-state index in [0.29, 0.717) is 50.6 Å². The molecule has 13 heteroatoms. The van der Waals surface area contributed by atoms with E-state index in [1.807, 2.05) is 6.07 Å². The topological polar surface area (TPSA) is 84.7 Å². The van der Waals surface area contributed by atoms with Gasteiger partial charge in [0.05, 0.1) is 22.3 Å². The monoisotopic (exact) mass is 704 g/mol. The molecule has 0 spiro atoms. The van der Waals surface area contributed by atoms with Gasteiger partial charge in [-0.05, 0) is 100 Å². The van der Waals surface area contributed by atoms with Gasteiger partial charge in [0.2, 0.25) is 0 Å². The molecule has 3 amide bonds. The van der Waals surface area contributed by atoms with E-state index in [0.717, 1.165) is 11.6 Å². The van der Waals surface area contributed by atoms with E-state index in [1.165, 1.54) is 41.5 Å². The standard InChI is InChI=1S/C38H33F5N4O4/c1-36(2,3)51-35(50)47-31-9-7-6-8-30(31)44-32(47)23-12-10-22(11-13-23)18-25-19-26(39)15-14-24(25)21-45-34(49)46(33(48)37(45,4)5)27-16-17-29(40)28(20-27)38(41,42)43/h6-17,19-20H,18,21H2,1-5H3. The number of hydrogen-bond acceptors (Lipinski definition) is 5. The Morgan fingerprint density at radius 1 is 0.863 bits per heavy atom. The van der Waals surface area contributed by atoms with Crippen LogP contribution in [0.2, 0.25) is 0 Å². The van der Waals surface area contributed by atoms with Crippen LogP contribution in [-0.2, 0) is 28.7 Å². The van der Waals surface area contributed by atoms with E-state index in [-0.39, 0.29) is 13.0 Å². The van der Waals surface area contributed by atoms with Gasteiger partial charge in [0.1, 0.15) is 22.8 Å². The number of halogens is 5. The zero-order valence-electron chi connectivity index (χ0n) is 28.3. The number of alkyl halides is 3. The number of aromatic nitrogens is 2. The van der Waals surface area contributed by atoms with Crippen molar-refractivity contribution in [2.45, 2.75) is 64.9 Å². The quantitative estimate of drug-likeness (QED) is 0.130. The molecule has 1 aliphatic heterocycles.